The van der Waals surface area contributed by atoms with E-state index in [1.807, 2.05) is 0 Å². The number of benzene rings is 10. The molecule has 0 atom stereocenters. The first-order valence-corrected chi connectivity index (χ1v) is 18.7. The van der Waals surface area contributed by atoms with Gasteiger partial charge in [-0.25, -0.2) is 0 Å². The lowest BCUT2D eigenvalue weighted by Crippen LogP contribution is -1.83. The Morgan fingerprint density at radius 3 is 1.09 bits per heavy atom. The Labute approximate surface area is 313 Å². The van der Waals surface area contributed by atoms with Crippen molar-refractivity contribution in [2.75, 3.05) is 0 Å². The van der Waals surface area contributed by atoms with E-state index in [4.69, 9.17) is 13.3 Å². The fraction of sp³-hybridized carbons (Fsp3) is 0. The highest BCUT2D eigenvalue weighted by Gasteiger charge is 2.20. The van der Waals surface area contributed by atoms with E-state index < -0.39 is 0 Å². The van der Waals surface area contributed by atoms with Crippen LogP contribution in [0, 0.1) is 0 Å². The molecular weight excluding hydrogens is 673 g/mol. The third-order valence-corrected chi connectivity index (χ3v) is 11.8. The fourth-order valence-electron chi connectivity index (χ4n) is 9.16. The number of furan rings is 3. The van der Waals surface area contributed by atoms with Crippen LogP contribution in [0.15, 0.2) is 183 Å². The zero-order valence-electron chi connectivity index (χ0n) is 29.4. The molecule has 0 radical (unpaired) electrons. The van der Waals surface area contributed by atoms with Crippen LogP contribution in [0.25, 0.3) is 131 Å². The topological polar surface area (TPSA) is 39.4 Å². The minimum absolute atomic E-state index is 0.840. The molecule has 0 aliphatic heterocycles. The quantitative estimate of drug-likeness (QED) is 0.180. The maximum Gasteiger partial charge on any atom is 0.143 e. The zero-order valence-corrected chi connectivity index (χ0v) is 29.4. The van der Waals surface area contributed by atoms with Crippen molar-refractivity contribution in [3.63, 3.8) is 0 Å². The van der Waals surface area contributed by atoms with Crippen molar-refractivity contribution >= 4 is 109 Å². The van der Waals surface area contributed by atoms with Gasteiger partial charge >= 0.3 is 0 Å². The van der Waals surface area contributed by atoms with Crippen molar-refractivity contribution in [2.24, 2.45) is 0 Å². The Bertz CT molecular complexity index is 3530. The van der Waals surface area contributed by atoms with Crippen LogP contribution in [0.4, 0.5) is 0 Å². The second kappa shape index (κ2) is 10.6. The highest BCUT2D eigenvalue weighted by molar-refractivity contribution is 6.26. The molecule has 0 fully saturated rings. The molecular formula is C52H28O3. The molecule has 55 heavy (non-hydrogen) atoms. The second-order valence-corrected chi connectivity index (χ2v) is 14.8. The van der Waals surface area contributed by atoms with Gasteiger partial charge in [0.15, 0.2) is 0 Å². The Balaban J connectivity index is 1.01. The summed E-state index contributed by atoms with van der Waals surface area (Å²) in [6.07, 6.45) is 0. The van der Waals surface area contributed by atoms with Crippen LogP contribution >= 0.6 is 0 Å². The lowest BCUT2D eigenvalue weighted by molar-refractivity contribution is 0.668. The summed E-state index contributed by atoms with van der Waals surface area (Å²) in [5, 5.41) is 16.2. The SMILES string of the molecule is c1ccc2cc3c(cc2c1)oc1c(-c2ccc4c(c2)oc2cc(-c5cc6ccccc6c6c5oc5cc7ccccc7cc56)ccc24)cc2ccccc2c13. The molecule has 0 saturated heterocycles. The monoisotopic (exact) mass is 700 g/mol. The molecule has 3 heterocycles. The summed E-state index contributed by atoms with van der Waals surface area (Å²) in [7, 11) is 0. The average Bonchev–Trinajstić information content (AvgIpc) is 3.92. The van der Waals surface area contributed by atoms with Crippen molar-refractivity contribution in [3.05, 3.63) is 170 Å². The third-order valence-electron chi connectivity index (χ3n) is 11.8. The van der Waals surface area contributed by atoms with Gasteiger partial charge in [-0.1, -0.05) is 109 Å². The fourth-order valence-corrected chi connectivity index (χ4v) is 9.16. The standard InChI is InChI=1S/C52H28O3/c1-3-11-31-25-47-43(21-29(31)9-1)49-37-15-7-5-13-33(37)23-41(51(49)54-47)35-17-19-39-40-20-18-36(28-46(40)53-45(39)27-35)42-24-34-14-6-8-16-38(34)50-44-22-30-10-2-4-12-32(30)26-48(44)55-52(42)50/h1-28H. The highest BCUT2D eigenvalue weighted by Crippen LogP contribution is 2.45. The van der Waals surface area contributed by atoms with E-state index in [0.29, 0.717) is 0 Å². The normalized spacial score (nSPS) is 12.4. The smallest absolute Gasteiger partial charge is 0.143 e. The molecule has 3 heteroatoms. The van der Waals surface area contributed by atoms with Gasteiger partial charge in [-0.2, -0.15) is 0 Å². The van der Waals surface area contributed by atoms with Crippen molar-refractivity contribution in [1.82, 2.24) is 0 Å². The van der Waals surface area contributed by atoms with Gasteiger partial charge in [0.05, 0.1) is 0 Å². The summed E-state index contributed by atoms with van der Waals surface area (Å²) < 4.78 is 20.3. The number of rotatable bonds is 2. The molecule has 0 bridgehead atoms. The molecule has 13 rings (SSSR count). The maximum absolute atomic E-state index is 6.76. The van der Waals surface area contributed by atoms with Crippen molar-refractivity contribution in [3.8, 4) is 22.3 Å². The van der Waals surface area contributed by atoms with E-state index in [9.17, 15) is 0 Å². The van der Waals surface area contributed by atoms with Gasteiger partial charge in [-0.15, -0.1) is 0 Å². The molecule has 0 unspecified atom stereocenters. The lowest BCUT2D eigenvalue weighted by atomic mass is 9.94. The Morgan fingerprint density at radius 2 is 0.636 bits per heavy atom. The molecule has 0 spiro atoms. The number of hydrogen-bond donors (Lipinski definition) is 0. The van der Waals surface area contributed by atoms with Gasteiger partial charge in [0.2, 0.25) is 0 Å². The highest BCUT2D eigenvalue weighted by atomic mass is 16.3. The Morgan fingerprint density at radius 1 is 0.255 bits per heavy atom. The third kappa shape index (κ3) is 4.10. The van der Waals surface area contributed by atoms with Crippen molar-refractivity contribution in [2.45, 2.75) is 0 Å². The summed E-state index contributed by atoms with van der Waals surface area (Å²) in [6.45, 7) is 0. The largest absolute Gasteiger partial charge is 0.456 e. The summed E-state index contributed by atoms with van der Waals surface area (Å²) in [5.74, 6) is 0. The molecule has 10 aromatic carbocycles. The van der Waals surface area contributed by atoms with Crippen LogP contribution in [-0.4, -0.2) is 0 Å². The molecule has 254 valence electrons. The van der Waals surface area contributed by atoms with Crippen LogP contribution < -0.4 is 0 Å². The molecule has 3 nitrogen and oxygen atoms in total. The molecule has 0 aliphatic rings. The number of fused-ring (bicyclic) bond motifs is 15. The first-order chi connectivity index (χ1) is 27.2. The first-order valence-electron chi connectivity index (χ1n) is 18.7. The Kier molecular flexibility index (Phi) is 5.63. The van der Waals surface area contributed by atoms with Crippen molar-refractivity contribution in [1.29, 1.82) is 0 Å². The predicted molar refractivity (Wildman–Crippen MR) is 229 cm³/mol. The average molecular weight is 701 g/mol. The Hall–Kier alpha value is -7.36. The molecule has 13 aromatic rings. The maximum atomic E-state index is 6.76. The van der Waals surface area contributed by atoms with Crippen molar-refractivity contribution < 1.29 is 13.3 Å². The molecule has 0 amide bonds. The van der Waals surface area contributed by atoms with Crippen LogP contribution in [-0.2, 0) is 0 Å². The minimum Gasteiger partial charge on any atom is -0.456 e. The van der Waals surface area contributed by atoms with E-state index in [1.165, 1.54) is 43.1 Å². The molecule has 0 saturated carbocycles. The predicted octanol–water partition coefficient (Wildman–Crippen LogP) is 15.3. The zero-order chi connectivity index (χ0) is 35.8. The van der Waals surface area contributed by atoms with Crippen LogP contribution in [0.2, 0.25) is 0 Å². The van der Waals surface area contributed by atoms with E-state index in [-0.39, 0.29) is 0 Å². The first kappa shape index (κ1) is 29.1. The summed E-state index contributed by atoms with van der Waals surface area (Å²) in [5.41, 5.74) is 9.45. The van der Waals surface area contributed by atoms with Gasteiger partial charge in [0.1, 0.15) is 33.5 Å². The molecule has 0 aliphatic carbocycles. The van der Waals surface area contributed by atoms with Gasteiger partial charge in [0.25, 0.3) is 0 Å². The van der Waals surface area contributed by atoms with E-state index in [2.05, 4.69) is 170 Å². The van der Waals surface area contributed by atoms with Crippen LogP contribution in [0.3, 0.4) is 0 Å². The van der Waals surface area contributed by atoms with Gasteiger partial charge in [-0.3, -0.25) is 0 Å². The summed E-state index contributed by atoms with van der Waals surface area (Å²) in [6, 6.07) is 60.6. The molecule has 0 N–H and O–H groups in total. The van der Waals surface area contributed by atoms with E-state index in [0.717, 1.165) is 88.1 Å². The van der Waals surface area contributed by atoms with Crippen LogP contribution in [0.5, 0.6) is 0 Å². The summed E-state index contributed by atoms with van der Waals surface area (Å²) in [4.78, 5) is 0. The minimum atomic E-state index is 0.840. The van der Waals surface area contributed by atoms with Crippen LogP contribution in [0.1, 0.15) is 0 Å². The van der Waals surface area contributed by atoms with E-state index in [1.54, 1.807) is 0 Å². The van der Waals surface area contributed by atoms with Gasteiger partial charge in [0, 0.05) is 43.4 Å². The van der Waals surface area contributed by atoms with Gasteiger partial charge in [-0.05, 0) is 115 Å². The lowest BCUT2D eigenvalue weighted by Gasteiger charge is -2.07. The summed E-state index contributed by atoms with van der Waals surface area (Å²) >= 11 is 0. The molecule has 3 aromatic heterocycles. The number of hydrogen-bond acceptors (Lipinski definition) is 3. The van der Waals surface area contributed by atoms with E-state index >= 15 is 0 Å². The van der Waals surface area contributed by atoms with Gasteiger partial charge < -0.3 is 13.3 Å². The second-order valence-electron chi connectivity index (χ2n) is 14.8.